The highest BCUT2D eigenvalue weighted by molar-refractivity contribution is 5.97. The molecule has 1 aromatic rings. The first kappa shape index (κ1) is 12.5. The molecule has 3 nitrogen and oxygen atoms in total. The molecule has 2 aliphatic rings. The Morgan fingerprint density at radius 3 is 2.63 bits per heavy atom. The number of aliphatic hydroxyl groups is 1. The van der Waals surface area contributed by atoms with E-state index in [-0.39, 0.29) is 17.5 Å². The summed E-state index contributed by atoms with van der Waals surface area (Å²) in [5, 5.41) is 10.2. The third kappa shape index (κ3) is 1.93. The summed E-state index contributed by atoms with van der Waals surface area (Å²) in [6.07, 6.45) is 1.77. The summed E-state index contributed by atoms with van der Waals surface area (Å²) in [6, 6.07) is 9.93. The maximum atomic E-state index is 12.4. The van der Waals surface area contributed by atoms with Crippen LogP contribution >= 0.6 is 0 Å². The maximum absolute atomic E-state index is 12.4. The zero-order chi connectivity index (χ0) is 13.5. The van der Waals surface area contributed by atoms with E-state index in [0.29, 0.717) is 25.7 Å². The predicted octanol–water partition coefficient (Wildman–Crippen LogP) is 2.23. The Hall–Kier alpha value is -1.48. The van der Waals surface area contributed by atoms with Crippen LogP contribution in [0.1, 0.15) is 43.6 Å². The fourth-order valence-corrected chi connectivity index (χ4v) is 3.68. The number of Topliss-reactive ketones (excluding diaryl/α,β-unsaturated/α-hetero) is 2. The molecule has 3 rings (SSSR count). The van der Waals surface area contributed by atoms with Crippen LogP contribution in [-0.4, -0.2) is 22.8 Å². The molecule has 1 N–H and O–H groups in total. The number of rotatable bonds is 1. The summed E-state index contributed by atoms with van der Waals surface area (Å²) in [5.74, 6) is 0.0597. The summed E-state index contributed by atoms with van der Waals surface area (Å²) in [7, 11) is 0. The second kappa shape index (κ2) is 4.57. The van der Waals surface area contributed by atoms with Crippen LogP contribution in [0.5, 0.6) is 0 Å². The molecular formula is C16H18O3. The molecule has 2 aliphatic carbocycles. The van der Waals surface area contributed by atoms with E-state index in [4.69, 9.17) is 0 Å². The van der Waals surface area contributed by atoms with Crippen LogP contribution in [0.3, 0.4) is 0 Å². The fourth-order valence-electron chi connectivity index (χ4n) is 3.68. The molecule has 3 atom stereocenters. The molecule has 0 bridgehead atoms. The predicted molar refractivity (Wildman–Crippen MR) is 70.7 cm³/mol. The first-order chi connectivity index (χ1) is 9.13. The molecule has 0 aromatic heterocycles. The highest BCUT2D eigenvalue weighted by Gasteiger charge is 2.54. The van der Waals surface area contributed by atoms with E-state index in [9.17, 15) is 14.7 Å². The van der Waals surface area contributed by atoms with Crippen molar-refractivity contribution in [3.8, 4) is 0 Å². The molecule has 0 amide bonds. The zero-order valence-electron chi connectivity index (χ0n) is 10.8. The number of aliphatic hydroxyl groups excluding tert-OH is 1. The molecule has 0 radical (unpaired) electrons. The summed E-state index contributed by atoms with van der Waals surface area (Å²) >= 11 is 0. The molecule has 0 heterocycles. The summed E-state index contributed by atoms with van der Waals surface area (Å²) < 4.78 is 0. The second-order valence-corrected chi connectivity index (χ2v) is 5.82. The highest BCUT2D eigenvalue weighted by atomic mass is 16.3. The molecule has 0 unspecified atom stereocenters. The average molecular weight is 258 g/mol. The largest absolute Gasteiger partial charge is 0.384 e. The van der Waals surface area contributed by atoms with Crippen molar-refractivity contribution in [1.29, 1.82) is 0 Å². The van der Waals surface area contributed by atoms with Gasteiger partial charge in [-0.25, -0.2) is 0 Å². The highest BCUT2D eigenvalue weighted by Crippen LogP contribution is 2.51. The minimum Gasteiger partial charge on any atom is -0.384 e. The van der Waals surface area contributed by atoms with Gasteiger partial charge in [0.15, 0.2) is 5.78 Å². The van der Waals surface area contributed by atoms with E-state index in [2.05, 4.69) is 0 Å². The molecule has 0 saturated heterocycles. The summed E-state index contributed by atoms with van der Waals surface area (Å²) in [5.41, 5.74) is 0.341. The van der Waals surface area contributed by atoms with Crippen LogP contribution in [0, 0.1) is 5.41 Å². The molecule has 3 heteroatoms. The number of carbonyl (C=O) groups excluding carboxylic acids is 2. The van der Waals surface area contributed by atoms with Crippen molar-refractivity contribution in [1.82, 2.24) is 0 Å². The van der Waals surface area contributed by atoms with E-state index in [0.717, 1.165) is 12.0 Å². The van der Waals surface area contributed by atoms with Gasteiger partial charge in [-0.3, -0.25) is 9.59 Å². The molecular weight excluding hydrogens is 240 g/mol. The Morgan fingerprint density at radius 1 is 1.16 bits per heavy atom. The number of ketones is 2. The lowest BCUT2D eigenvalue weighted by molar-refractivity contribution is -0.148. The van der Waals surface area contributed by atoms with Gasteiger partial charge in [-0.2, -0.15) is 0 Å². The summed E-state index contributed by atoms with van der Waals surface area (Å²) in [4.78, 5) is 24.1. The van der Waals surface area contributed by atoms with Crippen molar-refractivity contribution in [2.75, 3.05) is 0 Å². The molecule has 19 heavy (non-hydrogen) atoms. The van der Waals surface area contributed by atoms with Crippen LogP contribution in [-0.2, 0) is 9.59 Å². The molecule has 1 aromatic carbocycles. The molecule has 0 aliphatic heterocycles. The Morgan fingerprint density at radius 2 is 1.89 bits per heavy atom. The average Bonchev–Trinajstić information content (AvgIpc) is 2.75. The Balaban J connectivity index is 1.89. The summed E-state index contributed by atoms with van der Waals surface area (Å²) in [6.45, 7) is 0. The normalized spacial score (nSPS) is 35.0. The minimum atomic E-state index is -1.08. The topological polar surface area (TPSA) is 54.4 Å². The van der Waals surface area contributed by atoms with Gasteiger partial charge in [-0.05, 0) is 30.7 Å². The van der Waals surface area contributed by atoms with Crippen molar-refractivity contribution in [2.24, 2.45) is 5.41 Å². The van der Waals surface area contributed by atoms with Crippen molar-refractivity contribution in [2.45, 2.75) is 44.1 Å². The van der Waals surface area contributed by atoms with E-state index in [1.807, 2.05) is 30.3 Å². The number of hydrogen-bond acceptors (Lipinski definition) is 3. The van der Waals surface area contributed by atoms with E-state index < -0.39 is 11.5 Å². The van der Waals surface area contributed by atoms with Gasteiger partial charge in [0.2, 0.25) is 0 Å². The lowest BCUT2D eigenvalue weighted by Gasteiger charge is -2.35. The zero-order valence-corrected chi connectivity index (χ0v) is 10.8. The Bertz CT molecular complexity index is 508. The number of benzene rings is 1. The quantitative estimate of drug-likeness (QED) is 0.840. The van der Waals surface area contributed by atoms with Crippen molar-refractivity contribution in [3.05, 3.63) is 35.9 Å². The van der Waals surface area contributed by atoms with E-state index in [1.165, 1.54) is 0 Å². The third-order valence-electron chi connectivity index (χ3n) is 4.74. The van der Waals surface area contributed by atoms with Crippen molar-refractivity contribution in [3.63, 3.8) is 0 Å². The standard InChI is InChI=1S/C16H18O3/c17-13-7-4-8-16(15(13)19)10-12(9-14(16)18)11-5-2-1-3-6-11/h1-3,5-6,12,15,19H,4,7-10H2/t12-,15-,16+/m1/s1. The fraction of sp³-hybridized carbons (Fsp3) is 0.500. The van der Waals surface area contributed by atoms with Crippen LogP contribution in [0.4, 0.5) is 0 Å². The third-order valence-corrected chi connectivity index (χ3v) is 4.74. The van der Waals surface area contributed by atoms with Crippen LogP contribution in [0.15, 0.2) is 30.3 Å². The van der Waals surface area contributed by atoms with Gasteiger partial charge in [0.05, 0.1) is 5.41 Å². The smallest absolute Gasteiger partial charge is 0.162 e. The lowest BCUT2D eigenvalue weighted by Crippen LogP contribution is -2.47. The van der Waals surface area contributed by atoms with Gasteiger partial charge in [0, 0.05) is 12.8 Å². The van der Waals surface area contributed by atoms with Gasteiger partial charge in [-0.1, -0.05) is 30.3 Å². The van der Waals surface area contributed by atoms with Gasteiger partial charge in [0.1, 0.15) is 11.9 Å². The molecule has 1 spiro atoms. The van der Waals surface area contributed by atoms with E-state index >= 15 is 0 Å². The number of carbonyl (C=O) groups is 2. The van der Waals surface area contributed by atoms with Gasteiger partial charge >= 0.3 is 0 Å². The second-order valence-electron chi connectivity index (χ2n) is 5.82. The molecule has 100 valence electrons. The van der Waals surface area contributed by atoms with Gasteiger partial charge in [-0.15, -0.1) is 0 Å². The maximum Gasteiger partial charge on any atom is 0.162 e. The van der Waals surface area contributed by atoms with Crippen molar-refractivity contribution >= 4 is 11.6 Å². The monoisotopic (exact) mass is 258 g/mol. The Labute approximate surface area is 112 Å². The first-order valence-electron chi connectivity index (χ1n) is 6.92. The minimum absolute atomic E-state index is 0.0712. The van der Waals surface area contributed by atoms with Crippen LogP contribution in [0.25, 0.3) is 0 Å². The van der Waals surface area contributed by atoms with E-state index in [1.54, 1.807) is 0 Å². The van der Waals surface area contributed by atoms with Crippen LogP contribution < -0.4 is 0 Å². The van der Waals surface area contributed by atoms with Gasteiger partial charge in [0.25, 0.3) is 0 Å². The first-order valence-corrected chi connectivity index (χ1v) is 6.92. The number of hydrogen-bond donors (Lipinski definition) is 1. The van der Waals surface area contributed by atoms with Gasteiger partial charge < -0.3 is 5.11 Å². The van der Waals surface area contributed by atoms with Crippen molar-refractivity contribution < 1.29 is 14.7 Å². The van der Waals surface area contributed by atoms with Crippen LogP contribution in [0.2, 0.25) is 0 Å². The SMILES string of the molecule is O=C1CCC[C@@]2(C[C@H](c3ccccc3)CC2=O)[C@@H]1O. The lowest BCUT2D eigenvalue weighted by atomic mass is 9.69. The Kier molecular flexibility index (Phi) is 3.02. The molecule has 2 fully saturated rings. The molecule has 2 saturated carbocycles.